The maximum absolute atomic E-state index is 12.1. The van der Waals surface area contributed by atoms with Gasteiger partial charge in [0.25, 0.3) is 5.91 Å². The predicted octanol–water partition coefficient (Wildman–Crippen LogP) is 2.21. The molecule has 5 rings (SSSR count). The molecule has 1 aromatic carbocycles. The lowest BCUT2D eigenvalue weighted by Crippen LogP contribution is -2.39. The van der Waals surface area contributed by atoms with Crippen molar-refractivity contribution in [3.63, 3.8) is 0 Å². The Bertz CT molecular complexity index is 1120. The Balaban J connectivity index is 1.51. The molecule has 0 saturated carbocycles. The number of aliphatic imine (C=N–C) groups is 2. The van der Waals surface area contributed by atoms with Crippen molar-refractivity contribution in [3.8, 4) is 11.5 Å². The molecule has 1 amide bonds. The number of fused-ring (bicyclic) bond motifs is 3. The summed E-state index contributed by atoms with van der Waals surface area (Å²) in [5, 5.41) is 0. The highest BCUT2D eigenvalue weighted by Crippen LogP contribution is 2.44. The number of likely N-dealkylation sites (tertiary alicyclic amines) is 1. The molecule has 4 heterocycles. The zero-order valence-corrected chi connectivity index (χ0v) is 18.8. The zero-order chi connectivity index (χ0) is 22.8. The monoisotopic (exact) mass is 448 g/mol. The Morgan fingerprint density at radius 1 is 1.12 bits per heavy atom. The molecule has 1 aromatic heterocycles. The highest BCUT2D eigenvalue weighted by atomic mass is 16.5. The van der Waals surface area contributed by atoms with Gasteiger partial charge in [-0.1, -0.05) is 6.42 Å². The number of aromatic nitrogens is 1. The van der Waals surface area contributed by atoms with Gasteiger partial charge in [0.05, 0.1) is 19.2 Å². The van der Waals surface area contributed by atoms with Gasteiger partial charge in [-0.15, -0.1) is 0 Å². The van der Waals surface area contributed by atoms with E-state index in [1.54, 1.807) is 25.4 Å². The standard InChI is InChI=1S/C24H28N6O3/c1-32-21-18(33-15-14-29-11-3-2-4-12-29)8-7-17-19(21)28-24(30-13-10-27-23(17)30)20-16(22(25)31)6-5-9-26-20/h5-9H,2-4,10-15H2,1H3,(H2,25,31). The SMILES string of the molecule is COc1c(OCCN2CCCCC2)ccc2c1N=C(c1ncccc1C(N)=O)N1CCN=C21. The molecule has 1 saturated heterocycles. The van der Waals surface area contributed by atoms with Gasteiger partial charge in [0, 0.05) is 24.8 Å². The number of hydrogen-bond donors (Lipinski definition) is 1. The van der Waals surface area contributed by atoms with Gasteiger partial charge >= 0.3 is 0 Å². The number of piperidine rings is 1. The molecule has 0 atom stereocenters. The molecular weight excluding hydrogens is 420 g/mol. The van der Waals surface area contributed by atoms with E-state index in [2.05, 4.69) is 9.88 Å². The molecule has 0 spiro atoms. The summed E-state index contributed by atoms with van der Waals surface area (Å²) in [5.41, 5.74) is 7.87. The molecule has 0 radical (unpaired) electrons. The molecule has 33 heavy (non-hydrogen) atoms. The molecule has 9 nitrogen and oxygen atoms in total. The van der Waals surface area contributed by atoms with Crippen molar-refractivity contribution in [1.29, 1.82) is 0 Å². The number of ether oxygens (including phenoxy) is 2. The second kappa shape index (κ2) is 9.19. The third-order valence-electron chi connectivity index (χ3n) is 6.25. The Labute approximate surface area is 192 Å². The van der Waals surface area contributed by atoms with Crippen LogP contribution in [-0.2, 0) is 0 Å². The normalized spacial score (nSPS) is 17.7. The minimum atomic E-state index is -0.550. The lowest BCUT2D eigenvalue weighted by molar-refractivity contribution is 0.0999. The number of carbonyl (C=O) groups excluding carboxylic acids is 1. The minimum Gasteiger partial charge on any atom is -0.491 e. The highest BCUT2D eigenvalue weighted by molar-refractivity contribution is 6.22. The number of hydrogen-bond acceptors (Lipinski definition) is 8. The molecule has 9 heteroatoms. The van der Waals surface area contributed by atoms with Crippen molar-refractivity contribution in [3.05, 3.63) is 47.3 Å². The molecule has 0 bridgehead atoms. The summed E-state index contributed by atoms with van der Waals surface area (Å²) in [6.07, 6.45) is 5.44. The maximum Gasteiger partial charge on any atom is 0.251 e. The molecule has 1 fully saturated rings. The van der Waals surface area contributed by atoms with Crippen LogP contribution in [0.5, 0.6) is 11.5 Å². The van der Waals surface area contributed by atoms with Crippen LogP contribution < -0.4 is 15.2 Å². The van der Waals surface area contributed by atoms with Gasteiger partial charge in [-0.05, 0) is 50.2 Å². The van der Waals surface area contributed by atoms with E-state index in [1.165, 1.54) is 19.3 Å². The first-order chi connectivity index (χ1) is 16.2. The van der Waals surface area contributed by atoms with Crippen molar-refractivity contribution in [2.75, 3.05) is 46.4 Å². The number of nitrogens with zero attached hydrogens (tertiary/aromatic N) is 5. The largest absolute Gasteiger partial charge is 0.491 e. The van der Waals surface area contributed by atoms with Crippen LogP contribution in [0.3, 0.4) is 0 Å². The lowest BCUT2D eigenvalue weighted by atomic mass is 10.1. The summed E-state index contributed by atoms with van der Waals surface area (Å²) >= 11 is 0. The third-order valence-corrected chi connectivity index (χ3v) is 6.25. The number of amidine groups is 2. The number of carbonyl (C=O) groups is 1. The summed E-state index contributed by atoms with van der Waals surface area (Å²) in [6.45, 7) is 4.98. The van der Waals surface area contributed by atoms with E-state index >= 15 is 0 Å². The Kier molecular flexibility index (Phi) is 5.95. The smallest absolute Gasteiger partial charge is 0.251 e. The third kappa shape index (κ3) is 4.04. The first-order valence-corrected chi connectivity index (χ1v) is 11.4. The van der Waals surface area contributed by atoms with Gasteiger partial charge in [0.15, 0.2) is 17.3 Å². The molecule has 2 N–H and O–H groups in total. The highest BCUT2D eigenvalue weighted by Gasteiger charge is 2.34. The first-order valence-electron chi connectivity index (χ1n) is 11.4. The molecule has 3 aliphatic rings. The zero-order valence-electron chi connectivity index (χ0n) is 18.8. The van der Waals surface area contributed by atoms with Crippen molar-refractivity contribution in [1.82, 2.24) is 14.8 Å². The quantitative estimate of drug-likeness (QED) is 0.696. The second-order valence-corrected chi connectivity index (χ2v) is 8.30. The maximum atomic E-state index is 12.1. The minimum absolute atomic E-state index is 0.318. The predicted molar refractivity (Wildman–Crippen MR) is 126 cm³/mol. The van der Waals surface area contributed by atoms with Crippen LogP contribution in [0.15, 0.2) is 40.4 Å². The summed E-state index contributed by atoms with van der Waals surface area (Å²) in [7, 11) is 1.61. The Morgan fingerprint density at radius 3 is 2.76 bits per heavy atom. The average Bonchev–Trinajstić information content (AvgIpc) is 3.34. The van der Waals surface area contributed by atoms with Crippen LogP contribution in [0.2, 0.25) is 0 Å². The van der Waals surface area contributed by atoms with Crippen LogP contribution >= 0.6 is 0 Å². The summed E-state index contributed by atoms with van der Waals surface area (Å²) in [4.78, 5) is 30.5. The molecule has 0 unspecified atom stereocenters. The summed E-state index contributed by atoms with van der Waals surface area (Å²) < 4.78 is 11.9. The number of nitrogens with two attached hydrogens (primary N) is 1. The van der Waals surface area contributed by atoms with Gasteiger partial charge in [-0.25, -0.2) is 4.99 Å². The van der Waals surface area contributed by atoms with E-state index in [1.807, 2.05) is 17.0 Å². The van der Waals surface area contributed by atoms with E-state index in [0.717, 1.165) is 31.0 Å². The van der Waals surface area contributed by atoms with Crippen molar-refractivity contribution >= 4 is 23.3 Å². The Morgan fingerprint density at radius 2 is 1.97 bits per heavy atom. The molecule has 2 aromatic rings. The van der Waals surface area contributed by atoms with E-state index in [4.69, 9.17) is 25.2 Å². The number of benzene rings is 1. The van der Waals surface area contributed by atoms with E-state index in [9.17, 15) is 4.79 Å². The van der Waals surface area contributed by atoms with Gasteiger partial charge in [-0.3, -0.25) is 19.7 Å². The lowest BCUT2D eigenvalue weighted by Gasteiger charge is -2.29. The molecule has 3 aliphatic heterocycles. The Hall–Kier alpha value is -3.46. The number of rotatable bonds is 7. The van der Waals surface area contributed by atoms with E-state index < -0.39 is 5.91 Å². The van der Waals surface area contributed by atoms with Crippen LogP contribution in [0.25, 0.3) is 0 Å². The van der Waals surface area contributed by atoms with Crippen LogP contribution in [-0.4, -0.2) is 78.8 Å². The number of methoxy groups -OCH3 is 1. The summed E-state index contributed by atoms with van der Waals surface area (Å²) in [5.74, 6) is 1.96. The van der Waals surface area contributed by atoms with Crippen LogP contribution in [0.1, 0.15) is 40.9 Å². The molecular formula is C24H28N6O3. The number of pyridine rings is 1. The van der Waals surface area contributed by atoms with E-state index in [0.29, 0.717) is 54.0 Å². The van der Waals surface area contributed by atoms with Crippen LogP contribution in [0, 0.1) is 0 Å². The topological polar surface area (TPSA) is 106 Å². The molecule has 172 valence electrons. The van der Waals surface area contributed by atoms with E-state index in [-0.39, 0.29) is 0 Å². The molecule has 0 aliphatic carbocycles. The van der Waals surface area contributed by atoms with Gasteiger partial charge in [0.2, 0.25) is 0 Å². The number of primary amides is 1. The van der Waals surface area contributed by atoms with Crippen molar-refractivity contribution in [2.45, 2.75) is 19.3 Å². The number of amides is 1. The van der Waals surface area contributed by atoms with Gasteiger partial charge < -0.3 is 20.1 Å². The van der Waals surface area contributed by atoms with Crippen molar-refractivity contribution in [2.24, 2.45) is 15.7 Å². The van der Waals surface area contributed by atoms with Gasteiger partial charge in [0.1, 0.15) is 23.8 Å². The summed E-state index contributed by atoms with van der Waals surface area (Å²) in [6, 6.07) is 7.24. The van der Waals surface area contributed by atoms with Crippen LogP contribution in [0.4, 0.5) is 5.69 Å². The second-order valence-electron chi connectivity index (χ2n) is 8.30. The fraction of sp³-hybridized carbons (Fsp3) is 0.417. The fourth-order valence-corrected chi connectivity index (χ4v) is 4.64. The van der Waals surface area contributed by atoms with Crippen molar-refractivity contribution < 1.29 is 14.3 Å². The first kappa shape index (κ1) is 21.4. The van der Waals surface area contributed by atoms with Gasteiger partial charge in [-0.2, -0.15) is 0 Å². The average molecular weight is 449 g/mol. The fourth-order valence-electron chi connectivity index (χ4n) is 4.64.